The second-order valence-corrected chi connectivity index (χ2v) is 5.94. The van der Waals surface area contributed by atoms with E-state index in [9.17, 15) is 4.79 Å². The van der Waals surface area contributed by atoms with Gasteiger partial charge in [0.05, 0.1) is 13.2 Å². The highest BCUT2D eigenvalue weighted by Crippen LogP contribution is 2.11. The summed E-state index contributed by atoms with van der Waals surface area (Å²) in [6, 6.07) is 14.1. The molecule has 1 aromatic carbocycles. The number of carbonyl (C=O) groups is 1. The number of hydrogen-bond donors (Lipinski definition) is 1. The maximum absolute atomic E-state index is 12.3. The van der Waals surface area contributed by atoms with Gasteiger partial charge in [0.2, 0.25) is 0 Å². The van der Waals surface area contributed by atoms with E-state index < -0.39 is 0 Å². The first kappa shape index (κ1) is 16.6. The maximum Gasteiger partial charge on any atom is 0.251 e. The van der Waals surface area contributed by atoms with Crippen LogP contribution in [0.4, 0.5) is 0 Å². The smallest absolute Gasteiger partial charge is 0.251 e. The van der Waals surface area contributed by atoms with Crippen LogP contribution in [0.1, 0.15) is 15.9 Å². The molecular weight excluding hydrogens is 302 g/mol. The number of ether oxygens (including phenoxy) is 1. The molecule has 1 aliphatic rings. The Morgan fingerprint density at radius 1 is 1.12 bits per heavy atom. The second-order valence-electron chi connectivity index (χ2n) is 5.94. The number of carbonyl (C=O) groups excluding carboxylic acids is 1. The normalized spacial score (nSPS) is 16.5. The summed E-state index contributed by atoms with van der Waals surface area (Å²) < 4.78 is 5.46. The van der Waals surface area contributed by atoms with Gasteiger partial charge in [0.25, 0.3) is 5.91 Å². The van der Waals surface area contributed by atoms with Crippen molar-refractivity contribution in [2.24, 2.45) is 0 Å². The molecule has 1 saturated heterocycles. The Hall–Kier alpha value is -2.24. The Morgan fingerprint density at radius 3 is 2.54 bits per heavy atom. The Bertz CT molecular complexity index is 628. The predicted octanol–water partition coefficient (Wildman–Crippen LogP) is 1.75. The molecule has 0 spiro atoms. The van der Waals surface area contributed by atoms with Gasteiger partial charge in [0.15, 0.2) is 0 Å². The van der Waals surface area contributed by atoms with Gasteiger partial charge in [-0.25, -0.2) is 0 Å². The van der Waals surface area contributed by atoms with Crippen LogP contribution < -0.4 is 5.32 Å². The fourth-order valence-electron chi connectivity index (χ4n) is 2.98. The fraction of sp³-hybridized carbons (Fsp3) is 0.368. The zero-order valence-electron chi connectivity index (χ0n) is 13.7. The third-order valence-electron chi connectivity index (χ3n) is 4.32. The quantitative estimate of drug-likeness (QED) is 0.879. The van der Waals surface area contributed by atoms with E-state index in [1.807, 2.05) is 6.07 Å². The van der Waals surface area contributed by atoms with Gasteiger partial charge in [-0.15, -0.1) is 0 Å². The van der Waals surface area contributed by atoms with Crippen LogP contribution in [-0.4, -0.2) is 54.7 Å². The summed E-state index contributed by atoms with van der Waals surface area (Å²) >= 11 is 0. The van der Waals surface area contributed by atoms with Crippen molar-refractivity contribution in [1.29, 1.82) is 0 Å². The van der Waals surface area contributed by atoms with Crippen molar-refractivity contribution >= 4 is 5.91 Å². The van der Waals surface area contributed by atoms with Gasteiger partial charge in [-0.3, -0.25) is 14.7 Å². The molecule has 2 aromatic rings. The van der Waals surface area contributed by atoms with Crippen LogP contribution in [0.5, 0.6) is 0 Å². The molecule has 1 atom stereocenters. The number of amides is 1. The molecule has 24 heavy (non-hydrogen) atoms. The van der Waals surface area contributed by atoms with E-state index in [0.29, 0.717) is 12.1 Å². The molecule has 0 saturated carbocycles. The van der Waals surface area contributed by atoms with Gasteiger partial charge < -0.3 is 10.1 Å². The van der Waals surface area contributed by atoms with Crippen LogP contribution >= 0.6 is 0 Å². The minimum absolute atomic E-state index is 0.0521. The average Bonchev–Trinajstić information content (AvgIpc) is 2.67. The standard InChI is InChI=1S/C19H23N3O2/c23-19(17-6-8-20-9-7-17)21-15-18(22-10-12-24-13-11-22)14-16-4-2-1-3-5-16/h1-9,18H,10-15H2,(H,21,23). The topological polar surface area (TPSA) is 54.5 Å². The molecule has 1 unspecified atom stereocenters. The van der Waals surface area contributed by atoms with Crippen LogP contribution in [0.2, 0.25) is 0 Å². The lowest BCUT2D eigenvalue weighted by molar-refractivity contribution is 0.0167. The number of hydrogen-bond acceptors (Lipinski definition) is 4. The number of nitrogens with zero attached hydrogens (tertiary/aromatic N) is 2. The molecule has 1 fully saturated rings. The van der Waals surface area contributed by atoms with Crippen LogP contribution in [0.15, 0.2) is 54.9 Å². The van der Waals surface area contributed by atoms with Crippen molar-refractivity contribution < 1.29 is 9.53 Å². The molecule has 126 valence electrons. The largest absolute Gasteiger partial charge is 0.379 e. The molecule has 1 amide bonds. The average molecular weight is 325 g/mol. The zero-order chi connectivity index (χ0) is 16.6. The summed E-state index contributed by atoms with van der Waals surface area (Å²) in [5.74, 6) is -0.0521. The van der Waals surface area contributed by atoms with Crippen LogP contribution in [0, 0.1) is 0 Å². The minimum atomic E-state index is -0.0521. The van der Waals surface area contributed by atoms with Gasteiger partial charge >= 0.3 is 0 Å². The second kappa shape index (κ2) is 8.57. The molecule has 0 radical (unpaired) electrons. The summed E-state index contributed by atoms with van der Waals surface area (Å²) in [6.07, 6.45) is 4.19. The lowest BCUT2D eigenvalue weighted by Crippen LogP contribution is -2.49. The predicted molar refractivity (Wildman–Crippen MR) is 92.9 cm³/mol. The first-order valence-corrected chi connectivity index (χ1v) is 8.37. The highest BCUT2D eigenvalue weighted by Gasteiger charge is 2.22. The Morgan fingerprint density at radius 2 is 1.83 bits per heavy atom. The Kier molecular flexibility index (Phi) is 5.93. The molecule has 3 rings (SSSR count). The van der Waals surface area contributed by atoms with Gasteiger partial charge in [-0.2, -0.15) is 0 Å². The van der Waals surface area contributed by atoms with Gasteiger partial charge in [0.1, 0.15) is 0 Å². The van der Waals surface area contributed by atoms with E-state index in [-0.39, 0.29) is 11.9 Å². The molecule has 5 nitrogen and oxygen atoms in total. The van der Waals surface area contributed by atoms with Crippen LogP contribution in [0.25, 0.3) is 0 Å². The van der Waals surface area contributed by atoms with Gasteiger partial charge in [0, 0.05) is 43.6 Å². The number of rotatable bonds is 6. The summed E-state index contributed by atoms with van der Waals surface area (Å²) in [5, 5.41) is 3.07. The summed E-state index contributed by atoms with van der Waals surface area (Å²) in [5.41, 5.74) is 1.93. The van der Waals surface area contributed by atoms with Gasteiger partial charge in [-0.05, 0) is 24.1 Å². The fourth-order valence-corrected chi connectivity index (χ4v) is 2.98. The van der Waals surface area contributed by atoms with Crippen molar-refractivity contribution in [2.45, 2.75) is 12.5 Å². The number of morpholine rings is 1. The lowest BCUT2D eigenvalue weighted by atomic mass is 10.0. The van der Waals surface area contributed by atoms with E-state index in [2.05, 4.69) is 39.5 Å². The first-order chi connectivity index (χ1) is 11.8. The molecule has 1 aliphatic heterocycles. The van der Waals surface area contributed by atoms with E-state index >= 15 is 0 Å². The van der Waals surface area contributed by atoms with E-state index in [1.54, 1.807) is 24.5 Å². The number of pyridine rings is 1. The van der Waals surface area contributed by atoms with Crippen molar-refractivity contribution in [1.82, 2.24) is 15.2 Å². The molecule has 2 heterocycles. The molecule has 1 aromatic heterocycles. The number of aromatic nitrogens is 1. The Labute approximate surface area is 142 Å². The third kappa shape index (κ3) is 4.63. The van der Waals surface area contributed by atoms with E-state index in [0.717, 1.165) is 32.7 Å². The lowest BCUT2D eigenvalue weighted by Gasteiger charge is -2.34. The molecule has 1 N–H and O–H groups in total. The van der Waals surface area contributed by atoms with Crippen molar-refractivity contribution in [3.8, 4) is 0 Å². The highest BCUT2D eigenvalue weighted by molar-refractivity contribution is 5.93. The third-order valence-corrected chi connectivity index (χ3v) is 4.32. The zero-order valence-corrected chi connectivity index (χ0v) is 13.7. The van der Waals surface area contributed by atoms with E-state index in [4.69, 9.17) is 4.74 Å². The molecule has 0 aliphatic carbocycles. The highest BCUT2D eigenvalue weighted by atomic mass is 16.5. The van der Waals surface area contributed by atoms with Crippen LogP contribution in [0.3, 0.4) is 0 Å². The first-order valence-electron chi connectivity index (χ1n) is 8.37. The van der Waals surface area contributed by atoms with Crippen molar-refractivity contribution in [3.05, 3.63) is 66.0 Å². The number of nitrogens with one attached hydrogen (secondary N) is 1. The monoisotopic (exact) mass is 325 g/mol. The van der Waals surface area contributed by atoms with Crippen molar-refractivity contribution in [2.75, 3.05) is 32.8 Å². The number of benzene rings is 1. The molecule has 5 heteroatoms. The molecule has 0 bridgehead atoms. The molecular formula is C19H23N3O2. The maximum atomic E-state index is 12.3. The summed E-state index contributed by atoms with van der Waals surface area (Å²) in [6.45, 7) is 3.94. The SMILES string of the molecule is O=C(NCC(Cc1ccccc1)N1CCOCC1)c1ccncc1. The van der Waals surface area contributed by atoms with Crippen molar-refractivity contribution in [3.63, 3.8) is 0 Å². The Balaban J connectivity index is 1.64. The van der Waals surface area contributed by atoms with E-state index in [1.165, 1.54) is 5.56 Å². The summed E-state index contributed by atoms with van der Waals surface area (Å²) in [4.78, 5) is 18.7. The van der Waals surface area contributed by atoms with Crippen LogP contribution in [-0.2, 0) is 11.2 Å². The van der Waals surface area contributed by atoms with Gasteiger partial charge in [-0.1, -0.05) is 30.3 Å². The minimum Gasteiger partial charge on any atom is -0.379 e. The summed E-state index contributed by atoms with van der Waals surface area (Å²) in [7, 11) is 0.